The van der Waals surface area contributed by atoms with Gasteiger partial charge in [-0.3, -0.25) is 4.79 Å². The molecule has 0 bridgehead atoms. The molecule has 0 radical (unpaired) electrons. The quantitative estimate of drug-likeness (QED) is 0.848. The number of morpholine rings is 1. The van der Waals surface area contributed by atoms with Crippen LogP contribution in [0, 0.1) is 0 Å². The molecule has 2 aliphatic rings. The Kier molecular flexibility index (Phi) is 3.97. The number of benzene rings is 1. The van der Waals surface area contributed by atoms with Crippen molar-refractivity contribution < 1.29 is 19.0 Å². The Morgan fingerprint density at radius 1 is 1.24 bits per heavy atom. The third kappa shape index (κ3) is 3.43. The van der Waals surface area contributed by atoms with Gasteiger partial charge < -0.3 is 19.1 Å². The zero-order valence-electron chi connectivity index (χ0n) is 12.5. The van der Waals surface area contributed by atoms with E-state index in [1.165, 1.54) is 0 Å². The van der Waals surface area contributed by atoms with E-state index in [1.807, 2.05) is 49.1 Å². The number of hydrogen-bond donors (Lipinski definition) is 0. The molecule has 5 nitrogen and oxygen atoms in total. The van der Waals surface area contributed by atoms with Crippen LogP contribution in [0.1, 0.15) is 19.4 Å². The topological polar surface area (TPSA) is 48.0 Å². The van der Waals surface area contributed by atoms with Gasteiger partial charge >= 0.3 is 0 Å². The van der Waals surface area contributed by atoms with Crippen LogP contribution in [-0.2, 0) is 25.5 Å². The lowest BCUT2D eigenvalue weighted by Gasteiger charge is -2.35. The summed E-state index contributed by atoms with van der Waals surface area (Å²) in [5.41, 5.74) is 1.12. The van der Waals surface area contributed by atoms with Crippen LogP contribution in [0.5, 0.6) is 0 Å². The molecule has 0 N–H and O–H groups in total. The average Bonchev–Trinajstić information content (AvgIpc) is 2.83. The molecule has 2 saturated heterocycles. The molecule has 2 heterocycles. The molecule has 0 unspecified atom stereocenters. The Hall–Kier alpha value is -1.43. The largest absolute Gasteiger partial charge is 0.364 e. The molecule has 1 amide bonds. The van der Waals surface area contributed by atoms with Gasteiger partial charge in [0.25, 0.3) is 0 Å². The molecule has 0 spiro atoms. The van der Waals surface area contributed by atoms with Gasteiger partial charge in [-0.1, -0.05) is 30.3 Å². The number of amides is 1. The standard InChI is InChI=1S/C16H21NO4/c1-16(2)20-10-14(21-16)13-9-17(15(18)11-19-13)8-12-6-4-3-5-7-12/h3-7,13-14H,8-11H2,1-2H3/t13-,14+/m0/s1. The second-order valence-electron chi connectivity index (χ2n) is 5.98. The lowest BCUT2D eigenvalue weighted by Crippen LogP contribution is -2.51. The Morgan fingerprint density at radius 2 is 2.00 bits per heavy atom. The molecule has 2 atom stereocenters. The van der Waals surface area contributed by atoms with Gasteiger partial charge in [0.05, 0.1) is 6.61 Å². The number of carbonyl (C=O) groups is 1. The van der Waals surface area contributed by atoms with Crippen molar-refractivity contribution in [2.75, 3.05) is 19.8 Å². The number of rotatable bonds is 3. The number of nitrogens with zero attached hydrogens (tertiary/aromatic N) is 1. The van der Waals surface area contributed by atoms with E-state index in [1.54, 1.807) is 0 Å². The second-order valence-corrected chi connectivity index (χ2v) is 5.98. The highest BCUT2D eigenvalue weighted by Gasteiger charge is 2.41. The lowest BCUT2D eigenvalue weighted by atomic mass is 10.1. The van der Waals surface area contributed by atoms with Crippen LogP contribution in [0.25, 0.3) is 0 Å². The van der Waals surface area contributed by atoms with E-state index in [2.05, 4.69) is 0 Å². The van der Waals surface area contributed by atoms with Crippen LogP contribution in [0.15, 0.2) is 30.3 Å². The molecule has 21 heavy (non-hydrogen) atoms. The van der Waals surface area contributed by atoms with Crippen molar-refractivity contribution in [2.45, 2.75) is 38.4 Å². The van der Waals surface area contributed by atoms with E-state index in [0.717, 1.165) is 5.56 Å². The van der Waals surface area contributed by atoms with Crippen molar-refractivity contribution >= 4 is 5.91 Å². The summed E-state index contributed by atoms with van der Waals surface area (Å²) in [5.74, 6) is -0.548. The van der Waals surface area contributed by atoms with E-state index < -0.39 is 5.79 Å². The Labute approximate surface area is 124 Å². The van der Waals surface area contributed by atoms with E-state index in [-0.39, 0.29) is 24.7 Å². The second kappa shape index (κ2) is 5.75. The third-order valence-corrected chi connectivity index (χ3v) is 3.84. The fourth-order valence-electron chi connectivity index (χ4n) is 2.72. The number of carbonyl (C=O) groups excluding carboxylic acids is 1. The van der Waals surface area contributed by atoms with Crippen molar-refractivity contribution in [3.05, 3.63) is 35.9 Å². The normalized spacial score (nSPS) is 28.9. The third-order valence-electron chi connectivity index (χ3n) is 3.84. The molecular formula is C16H21NO4. The molecule has 5 heteroatoms. The van der Waals surface area contributed by atoms with E-state index >= 15 is 0 Å². The first-order valence-electron chi connectivity index (χ1n) is 7.28. The molecule has 1 aromatic carbocycles. The minimum absolute atomic E-state index is 0.0216. The average molecular weight is 291 g/mol. The maximum atomic E-state index is 12.0. The van der Waals surface area contributed by atoms with Crippen LogP contribution in [-0.4, -0.2) is 48.6 Å². The zero-order valence-corrected chi connectivity index (χ0v) is 12.5. The summed E-state index contributed by atoms with van der Waals surface area (Å²) in [5, 5.41) is 0. The highest BCUT2D eigenvalue weighted by Crippen LogP contribution is 2.27. The summed E-state index contributed by atoms with van der Waals surface area (Å²) in [6.07, 6.45) is -0.250. The fraction of sp³-hybridized carbons (Fsp3) is 0.562. The number of ether oxygens (including phenoxy) is 3. The minimum atomic E-state index is -0.570. The summed E-state index contributed by atoms with van der Waals surface area (Å²) >= 11 is 0. The van der Waals surface area contributed by atoms with Crippen molar-refractivity contribution in [3.63, 3.8) is 0 Å². The summed E-state index contributed by atoms with van der Waals surface area (Å²) in [7, 11) is 0. The SMILES string of the molecule is CC1(C)OC[C@H]([C@@H]2CN(Cc3ccccc3)C(=O)CO2)O1. The molecule has 2 aliphatic heterocycles. The summed E-state index contributed by atoms with van der Waals surface area (Å²) in [6.45, 7) is 5.54. The summed E-state index contributed by atoms with van der Waals surface area (Å²) in [6, 6.07) is 9.98. The van der Waals surface area contributed by atoms with Gasteiger partial charge in [-0.05, 0) is 19.4 Å². The summed E-state index contributed by atoms with van der Waals surface area (Å²) in [4.78, 5) is 13.8. The van der Waals surface area contributed by atoms with Gasteiger partial charge in [0.15, 0.2) is 5.79 Å². The first kappa shape index (κ1) is 14.5. The van der Waals surface area contributed by atoms with Crippen LogP contribution in [0.2, 0.25) is 0 Å². The monoisotopic (exact) mass is 291 g/mol. The Bertz CT molecular complexity index is 502. The summed E-state index contributed by atoms with van der Waals surface area (Å²) < 4.78 is 17.1. The van der Waals surface area contributed by atoms with Crippen molar-refractivity contribution in [3.8, 4) is 0 Å². The number of hydrogen-bond acceptors (Lipinski definition) is 4. The van der Waals surface area contributed by atoms with Gasteiger partial charge in [0.2, 0.25) is 5.91 Å². The fourth-order valence-corrected chi connectivity index (χ4v) is 2.72. The first-order valence-corrected chi connectivity index (χ1v) is 7.28. The molecule has 1 aromatic rings. The maximum Gasteiger partial charge on any atom is 0.248 e. The predicted octanol–water partition coefficient (Wildman–Crippen LogP) is 1.57. The van der Waals surface area contributed by atoms with Crippen molar-refractivity contribution in [1.29, 1.82) is 0 Å². The van der Waals surface area contributed by atoms with Gasteiger partial charge in [0, 0.05) is 13.1 Å². The Morgan fingerprint density at radius 3 is 2.67 bits per heavy atom. The van der Waals surface area contributed by atoms with E-state index in [0.29, 0.717) is 19.7 Å². The van der Waals surface area contributed by atoms with Crippen LogP contribution >= 0.6 is 0 Å². The van der Waals surface area contributed by atoms with Crippen molar-refractivity contribution in [2.24, 2.45) is 0 Å². The predicted molar refractivity (Wildman–Crippen MR) is 76.5 cm³/mol. The first-order chi connectivity index (χ1) is 10.0. The molecule has 2 fully saturated rings. The highest BCUT2D eigenvalue weighted by molar-refractivity contribution is 5.78. The van der Waals surface area contributed by atoms with Gasteiger partial charge in [-0.15, -0.1) is 0 Å². The molecule has 0 aromatic heterocycles. The van der Waals surface area contributed by atoms with Gasteiger partial charge in [-0.25, -0.2) is 0 Å². The van der Waals surface area contributed by atoms with E-state index in [4.69, 9.17) is 14.2 Å². The van der Waals surface area contributed by atoms with Crippen LogP contribution < -0.4 is 0 Å². The van der Waals surface area contributed by atoms with Crippen molar-refractivity contribution in [1.82, 2.24) is 4.90 Å². The highest BCUT2D eigenvalue weighted by atomic mass is 16.7. The van der Waals surface area contributed by atoms with Crippen LogP contribution in [0.4, 0.5) is 0 Å². The lowest BCUT2D eigenvalue weighted by molar-refractivity contribution is -0.174. The zero-order chi connectivity index (χ0) is 14.9. The van der Waals surface area contributed by atoms with Gasteiger partial charge in [-0.2, -0.15) is 0 Å². The van der Waals surface area contributed by atoms with Gasteiger partial charge in [0.1, 0.15) is 18.8 Å². The molecule has 114 valence electrons. The maximum absolute atomic E-state index is 12.0. The van der Waals surface area contributed by atoms with Crippen LogP contribution in [0.3, 0.4) is 0 Å². The molecule has 0 aliphatic carbocycles. The smallest absolute Gasteiger partial charge is 0.248 e. The molecular weight excluding hydrogens is 270 g/mol. The van der Waals surface area contributed by atoms with E-state index in [9.17, 15) is 4.79 Å². The Balaban J connectivity index is 1.64. The molecule has 0 saturated carbocycles. The minimum Gasteiger partial charge on any atom is -0.364 e. The molecule has 3 rings (SSSR count).